The molecule has 1 amide bonds. The fourth-order valence-corrected chi connectivity index (χ4v) is 1.57. The predicted molar refractivity (Wildman–Crippen MR) is 67.4 cm³/mol. The summed E-state index contributed by atoms with van der Waals surface area (Å²) in [5.74, 6) is -0.0861. The number of nitro benzene ring substituents is 1. The van der Waals surface area contributed by atoms with Crippen LogP contribution in [0, 0.1) is 10.1 Å². The van der Waals surface area contributed by atoms with E-state index >= 15 is 0 Å². The van der Waals surface area contributed by atoms with E-state index in [-0.39, 0.29) is 11.6 Å². The third-order valence-electron chi connectivity index (χ3n) is 2.72. The van der Waals surface area contributed by atoms with E-state index in [1.54, 1.807) is 0 Å². The van der Waals surface area contributed by atoms with Crippen LogP contribution in [0.15, 0.2) is 24.3 Å². The number of nitrogens with zero attached hydrogens (tertiary/aromatic N) is 1. The second-order valence-corrected chi connectivity index (χ2v) is 4.33. The van der Waals surface area contributed by atoms with Gasteiger partial charge in [-0.1, -0.05) is 0 Å². The minimum atomic E-state index is -0.467. The van der Waals surface area contributed by atoms with E-state index in [2.05, 4.69) is 10.6 Å². The largest absolute Gasteiger partial charge is 0.326 e. The zero-order valence-electron chi connectivity index (χ0n) is 9.89. The molecule has 2 N–H and O–H groups in total. The van der Waals surface area contributed by atoms with Crippen LogP contribution in [-0.2, 0) is 4.79 Å². The average molecular weight is 249 g/mol. The van der Waals surface area contributed by atoms with Gasteiger partial charge in [0.15, 0.2) is 0 Å². The molecule has 0 heterocycles. The highest BCUT2D eigenvalue weighted by Gasteiger charge is 2.20. The molecular weight excluding hydrogens is 234 g/mol. The molecule has 1 fully saturated rings. The van der Waals surface area contributed by atoms with E-state index in [1.165, 1.54) is 37.1 Å². The smallest absolute Gasteiger partial charge is 0.269 e. The first-order chi connectivity index (χ1) is 8.65. The monoisotopic (exact) mass is 249 g/mol. The van der Waals surface area contributed by atoms with Crippen molar-refractivity contribution in [2.24, 2.45) is 0 Å². The number of carbonyl (C=O) groups excluding carboxylic acids is 1. The summed E-state index contributed by atoms with van der Waals surface area (Å²) < 4.78 is 0. The Morgan fingerprint density at radius 1 is 1.33 bits per heavy atom. The molecule has 1 aromatic carbocycles. The Morgan fingerprint density at radius 3 is 2.56 bits per heavy atom. The van der Waals surface area contributed by atoms with Gasteiger partial charge in [0.2, 0.25) is 5.91 Å². The highest BCUT2D eigenvalue weighted by molar-refractivity contribution is 5.90. The van der Waals surface area contributed by atoms with Crippen molar-refractivity contribution in [3.05, 3.63) is 34.4 Å². The second kappa shape index (κ2) is 5.59. The number of carbonyl (C=O) groups is 1. The van der Waals surface area contributed by atoms with Crippen LogP contribution < -0.4 is 10.6 Å². The topological polar surface area (TPSA) is 84.3 Å². The van der Waals surface area contributed by atoms with E-state index in [4.69, 9.17) is 0 Å². The first-order valence-electron chi connectivity index (χ1n) is 5.93. The maximum Gasteiger partial charge on any atom is 0.269 e. The molecule has 0 spiro atoms. The molecule has 0 atom stereocenters. The van der Waals surface area contributed by atoms with Gasteiger partial charge in [0, 0.05) is 36.8 Å². The first-order valence-corrected chi connectivity index (χ1v) is 5.93. The van der Waals surface area contributed by atoms with Gasteiger partial charge in [0.25, 0.3) is 5.69 Å². The van der Waals surface area contributed by atoms with E-state index in [0.29, 0.717) is 24.7 Å². The molecule has 0 saturated heterocycles. The summed E-state index contributed by atoms with van der Waals surface area (Å²) in [5, 5.41) is 16.4. The van der Waals surface area contributed by atoms with Crippen LogP contribution in [0.25, 0.3) is 0 Å². The third kappa shape index (κ3) is 3.81. The maximum atomic E-state index is 11.5. The van der Waals surface area contributed by atoms with Crippen molar-refractivity contribution in [1.82, 2.24) is 5.32 Å². The zero-order chi connectivity index (χ0) is 13.0. The zero-order valence-corrected chi connectivity index (χ0v) is 9.89. The molecule has 6 nitrogen and oxygen atoms in total. The molecule has 1 aliphatic carbocycles. The molecule has 0 bridgehead atoms. The molecule has 0 aliphatic heterocycles. The Balaban J connectivity index is 1.76. The molecule has 96 valence electrons. The normalized spacial score (nSPS) is 14.2. The van der Waals surface area contributed by atoms with Crippen LogP contribution in [0.3, 0.4) is 0 Å². The number of benzene rings is 1. The Morgan fingerprint density at radius 2 is 2.00 bits per heavy atom. The van der Waals surface area contributed by atoms with E-state index in [9.17, 15) is 14.9 Å². The van der Waals surface area contributed by atoms with Gasteiger partial charge in [-0.3, -0.25) is 14.9 Å². The second-order valence-electron chi connectivity index (χ2n) is 4.33. The highest BCUT2D eigenvalue weighted by Crippen LogP contribution is 2.18. The maximum absolute atomic E-state index is 11.5. The van der Waals surface area contributed by atoms with Crippen LogP contribution in [0.1, 0.15) is 19.3 Å². The van der Waals surface area contributed by atoms with Crippen LogP contribution in [-0.4, -0.2) is 23.4 Å². The number of nitro groups is 1. The third-order valence-corrected chi connectivity index (χ3v) is 2.72. The summed E-state index contributed by atoms with van der Waals surface area (Å²) in [6, 6.07) is 6.40. The average Bonchev–Trinajstić information content (AvgIpc) is 3.13. The number of hydrogen-bond donors (Lipinski definition) is 2. The molecule has 1 aliphatic rings. The molecule has 1 aromatic rings. The first kappa shape index (κ1) is 12.5. The Hall–Kier alpha value is -1.95. The van der Waals surface area contributed by atoms with Gasteiger partial charge in [-0.05, 0) is 25.0 Å². The SMILES string of the molecule is O=C(CCNC1CC1)Nc1ccc([N+](=O)[O-])cc1. The summed E-state index contributed by atoms with van der Waals surface area (Å²) in [5.41, 5.74) is 0.598. The summed E-state index contributed by atoms with van der Waals surface area (Å²) >= 11 is 0. The fraction of sp³-hybridized carbons (Fsp3) is 0.417. The number of rotatable bonds is 6. The van der Waals surface area contributed by atoms with Crippen molar-refractivity contribution in [3.63, 3.8) is 0 Å². The van der Waals surface area contributed by atoms with Crippen molar-refractivity contribution in [1.29, 1.82) is 0 Å². The van der Waals surface area contributed by atoms with Crippen LogP contribution in [0.5, 0.6) is 0 Å². The highest BCUT2D eigenvalue weighted by atomic mass is 16.6. The summed E-state index contributed by atoms with van der Waals surface area (Å²) in [6.45, 7) is 0.670. The van der Waals surface area contributed by atoms with Gasteiger partial charge in [-0.15, -0.1) is 0 Å². The van der Waals surface area contributed by atoms with Gasteiger partial charge in [-0.2, -0.15) is 0 Å². The Labute approximate surface area is 105 Å². The van der Waals surface area contributed by atoms with Crippen molar-refractivity contribution in [2.45, 2.75) is 25.3 Å². The van der Waals surface area contributed by atoms with Crippen molar-refractivity contribution in [3.8, 4) is 0 Å². The summed E-state index contributed by atoms with van der Waals surface area (Å²) in [6.07, 6.45) is 2.81. The molecular formula is C12H15N3O3. The van der Waals surface area contributed by atoms with E-state index in [0.717, 1.165) is 0 Å². The molecule has 0 radical (unpaired) electrons. The lowest BCUT2D eigenvalue weighted by Crippen LogP contribution is -2.23. The Kier molecular flexibility index (Phi) is 3.88. The molecule has 18 heavy (non-hydrogen) atoms. The van der Waals surface area contributed by atoms with Gasteiger partial charge in [0.05, 0.1) is 4.92 Å². The van der Waals surface area contributed by atoms with Gasteiger partial charge >= 0.3 is 0 Å². The van der Waals surface area contributed by atoms with Gasteiger partial charge < -0.3 is 10.6 Å². The predicted octanol–water partition coefficient (Wildman–Crippen LogP) is 1.68. The minimum absolute atomic E-state index is 0.0170. The number of amides is 1. The lowest BCUT2D eigenvalue weighted by Gasteiger charge is -2.05. The molecule has 0 aromatic heterocycles. The van der Waals surface area contributed by atoms with Crippen molar-refractivity contribution >= 4 is 17.3 Å². The molecule has 1 saturated carbocycles. The minimum Gasteiger partial charge on any atom is -0.326 e. The number of hydrogen-bond acceptors (Lipinski definition) is 4. The van der Waals surface area contributed by atoms with Crippen LogP contribution in [0.4, 0.5) is 11.4 Å². The van der Waals surface area contributed by atoms with Crippen molar-refractivity contribution in [2.75, 3.05) is 11.9 Å². The van der Waals surface area contributed by atoms with Crippen LogP contribution in [0.2, 0.25) is 0 Å². The summed E-state index contributed by atoms with van der Waals surface area (Å²) in [7, 11) is 0. The lowest BCUT2D eigenvalue weighted by molar-refractivity contribution is -0.384. The lowest BCUT2D eigenvalue weighted by atomic mass is 10.2. The fourth-order valence-electron chi connectivity index (χ4n) is 1.57. The number of non-ortho nitro benzene ring substituents is 1. The van der Waals surface area contributed by atoms with Gasteiger partial charge in [0.1, 0.15) is 0 Å². The van der Waals surface area contributed by atoms with E-state index < -0.39 is 4.92 Å². The van der Waals surface area contributed by atoms with Crippen molar-refractivity contribution < 1.29 is 9.72 Å². The molecule has 6 heteroatoms. The van der Waals surface area contributed by atoms with Gasteiger partial charge in [-0.25, -0.2) is 0 Å². The quantitative estimate of drug-likeness (QED) is 0.593. The molecule has 2 rings (SSSR count). The number of nitrogens with one attached hydrogen (secondary N) is 2. The summed E-state index contributed by atoms with van der Waals surface area (Å²) in [4.78, 5) is 21.5. The van der Waals surface area contributed by atoms with Crippen LogP contribution >= 0.6 is 0 Å². The Bertz CT molecular complexity index is 440. The van der Waals surface area contributed by atoms with E-state index in [1.807, 2.05) is 0 Å². The molecule has 0 unspecified atom stereocenters. The standard InChI is InChI=1S/C12H15N3O3/c16-12(7-8-13-9-1-2-9)14-10-3-5-11(6-4-10)15(17)18/h3-6,9,13H,1-2,7-8H2,(H,14,16). The number of anilines is 1.